The first-order chi connectivity index (χ1) is 5.33. The Morgan fingerprint density at radius 1 is 1.45 bits per heavy atom. The number of hydrogen-bond acceptors (Lipinski definition) is 1. The van der Waals surface area contributed by atoms with Crippen LogP contribution in [0.2, 0.25) is 5.02 Å². The molecule has 1 aromatic carbocycles. The van der Waals surface area contributed by atoms with Crippen LogP contribution in [-0.2, 0) is 11.3 Å². The summed E-state index contributed by atoms with van der Waals surface area (Å²) in [7, 11) is 0. The molecule has 0 heterocycles. The van der Waals surface area contributed by atoms with E-state index in [1.807, 2.05) is 18.2 Å². The monoisotopic (exact) mass is 188 g/mol. The highest BCUT2D eigenvalue weighted by atomic mass is 35.5. The van der Waals surface area contributed by atoms with Crippen LogP contribution in [0, 0.1) is 6.07 Å². The second-order valence-electron chi connectivity index (χ2n) is 2.00. The fourth-order valence-corrected chi connectivity index (χ4v) is 1.00. The average molecular weight is 189 g/mol. The molecule has 1 rings (SSSR count). The topological polar surface area (TPSA) is 9.23 Å². The van der Waals surface area contributed by atoms with E-state index in [1.165, 1.54) is 0 Å². The van der Waals surface area contributed by atoms with Gasteiger partial charge in [0.15, 0.2) is 0 Å². The van der Waals surface area contributed by atoms with Crippen molar-refractivity contribution in [3.63, 3.8) is 0 Å². The molecule has 0 spiro atoms. The van der Waals surface area contributed by atoms with Crippen molar-refractivity contribution in [2.24, 2.45) is 0 Å². The van der Waals surface area contributed by atoms with Crippen LogP contribution >= 0.6 is 23.2 Å². The first-order valence-electron chi connectivity index (χ1n) is 3.05. The number of rotatable bonds is 3. The van der Waals surface area contributed by atoms with E-state index in [1.54, 1.807) is 6.07 Å². The molecule has 0 aromatic heterocycles. The van der Waals surface area contributed by atoms with Gasteiger partial charge in [-0.25, -0.2) is 0 Å². The van der Waals surface area contributed by atoms with Crippen molar-refractivity contribution in [3.8, 4) is 0 Å². The smallest absolute Gasteiger partial charge is 0.237 e. The van der Waals surface area contributed by atoms with Crippen molar-refractivity contribution < 1.29 is 4.74 Å². The van der Waals surface area contributed by atoms with E-state index in [0.717, 1.165) is 5.56 Å². The van der Waals surface area contributed by atoms with Gasteiger partial charge in [-0.3, -0.25) is 0 Å². The van der Waals surface area contributed by atoms with E-state index in [4.69, 9.17) is 27.9 Å². The predicted octanol–water partition coefficient (Wildman–Crippen LogP) is 3.09. The number of hydrogen-bond donors (Lipinski definition) is 0. The summed E-state index contributed by atoms with van der Waals surface area (Å²) >= 11 is 10.8. The molecule has 0 unspecified atom stereocenters. The summed E-state index contributed by atoms with van der Waals surface area (Å²) in [5.41, 5.74) is 0.977. The van der Waals surface area contributed by atoms with Crippen molar-refractivity contribution in [1.29, 1.82) is 0 Å². The highest BCUT2D eigenvalue weighted by Gasteiger charge is 1.93. The van der Waals surface area contributed by atoms with Crippen LogP contribution in [0.15, 0.2) is 24.3 Å². The highest BCUT2D eigenvalue weighted by molar-refractivity contribution is 6.30. The summed E-state index contributed by atoms with van der Waals surface area (Å²) in [6, 6.07) is 9.44. The molecule has 0 aliphatic rings. The van der Waals surface area contributed by atoms with Crippen LogP contribution in [0.3, 0.4) is 0 Å². The van der Waals surface area contributed by atoms with Gasteiger partial charge in [-0.15, -0.1) is 0 Å². The Morgan fingerprint density at radius 2 is 2.27 bits per heavy atom. The third-order valence-corrected chi connectivity index (χ3v) is 1.53. The first-order valence-corrected chi connectivity index (χ1v) is 3.80. The van der Waals surface area contributed by atoms with E-state index in [-0.39, 0.29) is 0 Å². The second-order valence-corrected chi connectivity index (χ2v) is 2.59. The zero-order valence-corrected chi connectivity index (χ0v) is 7.19. The molecule has 58 valence electrons. The van der Waals surface area contributed by atoms with Crippen molar-refractivity contribution in [2.75, 3.05) is 0 Å². The van der Waals surface area contributed by atoms with E-state index in [9.17, 15) is 0 Å². The number of ether oxygens (including phenoxy) is 1. The van der Waals surface area contributed by atoms with E-state index in [2.05, 4.69) is 6.07 Å². The molecule has 0 atom stereocenters. The predicted molar refractivity (Wildman–Crippen MR) is 45.3 cm³/mol. The average Bonchev–Trinajstić information content (AvgIpc) is 2.01. The summed E-state index contributed by atoms with van der Waals surface area (Å²) in [5.74, 6) is 0. The van der Waals surface area contributed by atoms with Gasteiger partial charge >= 0.3 is 0 Å². The first kappa shape index (κ1) is 8.85. The lowest BCUT2D eigenvalue weighted by molar-refractivity contribution is 0.214. The quantitative estimate of drug-likeness (QED) is 0.709. The van der Waals surface area contributed by atoms with E-state index < -0.39 is 0 Å². The number of benzene rings is 1. The van der Waals surface area contributed by atoms with Crippen LogP contribution in [0.4, 0.5) is 0 Å². The molecule has 0 N–H and O–H groups in total. The Labute approximate surface area is 75.9 Å². The molecule has 0 aliphatic carbocycles. The highest BCUT2D eigenvalue weighted by Crippen LogP contribution is 2.11. The normalized spacial score (nSPS) is 10.0. The Kier molecular flexibility index (Phi) is 3.70. The minimum Gasteiger partial charge on any atom is -0.347 e. The molecule has 0 amide bonds. The van der Waals surface area contributed by atoms with Gasteiger partial charge in [0.25, 0.3) is 0 Å². The summed E-state index contributed by atoms with van der Waals surface area (Å²) in [6.07, 6.45) is 0. The van der Waals surface area contributed by atoms with Gasteiger partial charge in [0.1, 0.15) is 0 Å². The van der Waals surface area contributed by atoms with Gasteiger partial charge in [-0.05, 0) is 17.7 Å². The summed E-state index contributed by atoms with van der Waals surface area (Å²) < 4.78 is 4.73. The minimum atomic E-state index is 0.407. The largest absolute Gasteiger partial charge is 0.347 e. The summed E-state index contributed by atoms with van der Waals surface area (Å²) in [6.45, 7) is 0.407. The maximum absolute atomic E-state index is 5.71. The molecule has 11 heavy (non-hydrogen) atoms. The minimum absolute atomic E-state index is 0.407. The van der Waals surface area contributed by atoms with Crippen molar-refractivity contribution in [2.45, 2.75) is 6.61 Å². The lowest BCUT2D eigenvalue weighted by Crippen LogP contribution is -1.86. The molecular weight excluding hydrogens is 183 g/mol. The van der Waals surface area contributed by atoms with Gasteiger partial charge in [0.05, 0.1) is 6.61 Å². The van der Waals surface area contributed by atoms with E-state index in [0.29, 0.717) is 11.6 Å². The van der Waals surface area contributed by atoms with Crippen LogP contribution in [0.25, 0.3) is 0 Å². The molecule has 1 nitrogen and oxygen atoms in total. The van der Waals surface area contributed by atoms with Crippen molar-refractivity contribution in [1.82, 2.24) is 0 Å². The molecule has 0 aliphatic heterocycles. The van der Waals surface area contributed by atoms with Gasteiger partial charge in [-0.1, -0.05) is 35.3 Å². The van der Waals surface area contributed by atoms with Crippen molar-refractivity contribution in [3.05, 3.63) is 40.9 Å². The lowest BCUT2D eigenvalue weighted by Gasteiger charge is -1.98. The van der Waals surface area contributed by atoms with Gasteiger partial charge < -0.3 is 4.74 Å². The summed E-state index contributed by atoms with van der Waals surface area (Å²) in [5, 5.41) is 0.695. The van der Waals surface area contributed by atoms with Crippen LogP contribution in [0.5, 0.6) is 0 Å². The third-order valence-electron chi connectivity index (χ3n) is 1.18. The molecule has 3 heteroatoms. The van der Waals surface area contributed by atoms with Crippen LogP contribution < -0.4 is 0 Å². The summed E-state index contributed by atoms with van der Waals surface area (Å²) in [4.78, 5) is 0. The SMILES string of the molecule is Cl[C]OCc1cccc(Cl)c1. The van der Waals surface area contributed by atoms with Gasteiger partial charge in [0, 0.05) is 5.02 Å². The van der Waals surface area contributed by atoms with Gasteiger partial charge in [-0.2, -0.15) is 0 Å². The maximum Gasteiger partial charge on any atom is 0.237 e. The van der Waals surface area contributed by atoms with Crippen LogP contribution in [-0.4, -0.2) is 0 Å². The Bertz CT molecular complexity index is 225. The molecule has 0 bridgehead atoms. The number of halogens is 2. The second kappa shape index (κ2) is 4.60. The Balaban J connectivity index is 2.56. The zero-order valence-electron chi connectivity index (χ0n) is 5.68. The molecule has 0 saturated carbocycles. The van der Waals surface area contributed by atoms with E-state index >= 15 is 0 Å². The maximum atomic E-state index is 5.71. The zero-order chi connectivity index (χ0) is 8.10. The molecular formula is C8H6Cl2O. The molecule has 2 radical (unpaired) electrons. The standard InChI is InChI=1S/C8H6Cl2O/c9-6-11-5-7-2-1-3-8(10)4-7/h1-4H,5H2. The Morgan fingerprint density at radius 3 is 2.91 bits per heavy atom. The molecule has 1 aromatic rings. The molecule has 0 saturated heterocycles. The molecule has 0 fully saturated rings. The lowest BCUT2D eigenvalue weighted by atomic mass is 10.2. The Hall–Kier alpha value is -0.240. The fourth-order valence-electron chi connectivity index (χ4n) is 0.737. The fraction of sp³-hybridized carbons (Fsp3) is 0.125. The van der Waals surface area contributed by atoms with Gasteiger partial charge in [0.2, 0.25) is 6.07 Å². The third kappa shape index (κ3) is 3.10. The van der Waals surface area contributed by atoms with Crippen LogP contribution in [0.1, 0.15) is 5.56 Å². The van der Waals surface area contributed by atoms with Crippen molar-refractivity contribution >= 4 is 23.2 Å².